The highest BCUT2D eigenvalue weighted by atomic mass is 14.9. The van der Waals surface area contributed by atoms with Gasteiger partial charge in [-0.2, -0.15) is 0 Å². The van der Waals surface area contributed by atoms with E-state index in [1.165, 1.54) is 30.3 Å². The summed E-state index contributed by atoms with van der Waals surface area (Å²) in [4.78, 5) is 4.72. The second-order valence-electron chi connectivity index (χ2n) is 6.35. The summed E-state index contributed by atoms with van der Waals surface area (Å²) in [7, 11) is 0. The summed E-state index contributed by atoms with van der Waals surface area (Å²) in [6.45, 7) is 6.82. The Kier molecular flexibility index (Phi) is 3.64. The molecule has 0 amide bonds. The summed E-state index contributed by atoms with van der Waals surface area (Å²) in [5, 5.41) is 4.99. The molecule has 3 atom stereocenters. The summed E-state index contributed by atoms with van der Waals surface area (Å²) in [5.74, 6) is 1.54. The van der Waals surface area contributed by atoms with Gasteiger partial charge in [0.05, 0.1) is 11.2 Å². The van der Waals surface area contributed by atoms with Crippen LogP contribution in [0.4, 0.5) is 5.69 Å². The first-order valence-corrected chi connectivity index (χ1v) is 7.78. The lowest BCUT2D eigenvalue weighted by Crippen LogP contribution is -2.35. The first kappa shape index (κ1) is 13.4. The number of hydrogen-bond donors (Lipinski definition) is 1. The van der Waals surface area contributed by atoms with Crippen LogP contribution in [-0.4, -0.2) is 11.0 Å². The molecule has 1 heterocycles. The predicted octanol–water partition coefficient (Wildman–Crippen LogP) is 4.78. The Labute approximate surface area is 121 Å². The zero-order valence-corrected chi connectivity index (χ0v) is 12.7. The number of pyridine rings is 1. The summed E-state index contributed by atoms with van der Waals surface area (Å²) in [5.41, 5.74) is 3.38. The van der Waals surface area contributed by atoms with E-state index in [9.17, 15) is 0 Å². The molecule has 1 saturated carbocycles. The molecule has 3 rings (SSSR count). The first-order valence-electron chi connectivity index (χ1n) is 7.78. The van der Waals surface area contributed by atoms with Crippen molar-refractivity contribution in [2.24, 2.45) is 11.8 Å². The molecule has 106 valence electrons. The highest BCUT2D eigenvalue weighted by Gasteiger charge is 2.27. The highest BCUT2D eigenvalue weighted by molar-refractivity contribution is 5.90. The van der Waals surface area contributed by atoms with E-state index in [1.807, 2.05) is 0 Å². The Bertz CT molecular complexity index is 605. The zero-order valence-electron chi connectivity index (χ0n) is 12.7. The van der Waals surface area contributed by atoms with E-state index < -0.39 is 0 Å². The van der Waals surface area contributed by atoms with Crippen LogP contribution in [0.25, 0.3) is 10.9 Å². The number of aromatic nitrogens is 1. The summed E-state index contributed by atoms with van der Waals surface area (Å²) in [6.07, 6.45) is 3.97. The molecule has 1 fully saturated rings. The van der Waals surface area contributed by atoms with Crippen molar-refractivity contribution in [3.63, 3.8) is 0 Å². The number of rotatable bonds is 2. The predicted molar refractivity (Wildman–Crippen MR) is 86.1 cm³/mol. The van der Waals surface area contributed by atoms with Gasteiger partial charge in [0.1, 0.15) is 0 Å². The van der Waals surface area contributed by atoms with E-state index in [0.717, 1.165) is 23.0 Å². The zero-order chi connectivity index (χ0) is 14.1. The average molecular weight is 268 g/mol. The van der Waals surface area contributed by atoms with Crippen molar-refractivity contribution in [3.8, 4) is 0 Å². The minimum atomic E-state index is 0.576. The van der Waals surface area contributed by atoms with E-state index in [2.05, 4.69) is 56.4 Å². The smallest absolute Gasteiger partial charge is 0.0936 e. The van der Waals surface area contributed by atoms with Gasteiger partial charge < -0.3 is 5.32 Å². The van der Waals surface area contributed by atoms with Crippen LogP contribution in [0.5, 0.6) is 0 Å². The molecule has 2 heteroatoms. The average Bonchev–Trinajstić information content (AvgIpc) is 2.44. The van der Waals surface area contributed by atoms with Crippen LogP contribution in [0.3, 0.4) is 0 Å². The second kappa shape index (κ2) is 5.43. The van der Waals surface area contributed by atoms with Gasteiger partial charge in [-0.25, -0.2) is 0 Å². The van der Waals surface area contributed by atoms with E-state index in [0.29, 0.717) is 6.04 Å². The van der Waals surface area contributed by atoms with Crippen LogP contribution in [-0.2, 0) is 0 Å². The molecule has 0 radical (unpaired) electrons. The van der Waals surface area contributed by atoms with Gasteiger partial charge in [0, 0.05) is 17.1 Å². The molecule has 1 N–H and O–H groups in total. The summed E-state index contributed by atoms with van der Waals surface area (Å²) >= 11 is 0. The Hall–Kier alpha value is -1.57. The lowest BCUT2D eigenvalue weighted by atomic mass is 9.78. The quantitative estimate of drug-likeness (QED) is 0.847. The maximum Gasteiger partial charge on any atom is 0.0936 e. The number of nitrogens with zero attached hydrogens (tertiary/aromatic N) is 1. The molecule has 3 unspecified atom stereocenters. The number of aryl methyl sites for hydroxylation is 1. The SMILES string of the molecule is Cc1ccc2cccc(NC3CCCC(C)C3C)c2n1. The molecule has 1 aromatic heterocycles. The maximum absolute atomic E-state index is 4.72. The van der Waals surface area contributed by atoms with Crippen LogP contribution in [0, 0.1) is 18.8 Å². The van der Waals surface area contributed by atoms with Crippen molar-refractivity contribution in [1.29, 1.82) is 0 Å². The largest absolute Gasteiger partial charge is 0.380 e. The first-order chi connectivity index (χ1) is 9.65. The minimum Gasteiger partial charge on any atom is -0.380 e. The molecule has 2 aromatic rings. The van der Waals surface area contributed by atoms with Gasteiger partial charge in [-0.15, -0.1) is 0 Å². The van der Waals surface area contributed by atoms with Gasteiger partial charge in [0.2, 0.25) is 0 Å². The van der Waals surface area contributed by atoms with Crippen LogP contribution < -0.4 is 5.32 Å². The van der Waals surface area contributed by atoms with Crippen LogP contribution >= 0.6 is 0 Å². The normalized spacial score (nSPS) is 26.6. The molecule has 1 aromatic carbocycles. The Morgan fingerprint density at radius 3 is 2.80 bits per heavy atom. The third-order valence-corrected chi connectivity index (χ3v) is 4.91. The van der Waals surface area contributed by atoms with Gasteiger partial charge >= 0.3 is 0 Å². The lowest BCUT2D eigenvalue weighted by molar-refractivity contribution is 0.253. The number of anilines is 1. The molecule has 2 nitrogen and oxygen atoms in total. The molecule has 0 aliphatic heterocycles. The molecule has 0 saturated heterocycles. The number of benzene rings is 1. The van der Waals surface area contributed by atoms with Crippen LogP contribution in [0.15, 0.2) is 30.3 Å². The molecular weight excluding hydrogens is 244 g/mol. The number of nitrogens with one attached hydrogen (secondary N) is 1. The number of para-hydroxylation sites is 1. The van der Waals surface area contributed by atoms with E-state index in [4.69, 9.17) is 4.98 Å². The van der Waals surface area contributed by atoms with Crippen LogP contribution in [0.1, 0.15) is 38.8 Å². The fourth-order valence-corrected chi connectivity index (χ4v) is 3.35. The highest BCUT2D eigenvalue weighted by Crippen LogP contribution is 2.33. The third kappa shape index (κ3) is 2.52. The Morgan fingerprint density at radius 2 is 1.95 bits per heavy atom. The third-order valence-electron chi connectivity index (χ3n) is 4.91. The van der Waals surface area contributed by atoms with Crippen molar-refractivity contribution in [2.45, 2.75) is 46.1 Å². The number of hydrogen-bond acceptors (Lipinski definition) is 2. The molecule has 1 aliphatic rings. The van der Waals surface area contributed by atoms with Gasteiger partial charge in [0.15, 0.2) is 0 Å². The molecule has 1 aliphatic carbocycles. The molecule has 0 spiro atoms. The second-order valence-corrected chi connectivity index (χ2v) is 6.35. The monoisotopic (exact) mass is 268 g/mol. The van der Waals surface area contributed by atoms with Crippen molar-refractivity contribution >= 4 is 16.6 Å². The van der Waals surface area contributed by atoms with Crippen molar-refractivity contribution in [3.05, 3.63) is 36.0 Å². The lowest BCUT2D eigenvalue weighted by Gasteiger charge is -2.35. The van der Waals surface area contributed by atoms with Gasteiger partial charge in [-0.05, 0) is 37.3 Å². The van der Waals surface area contributed by atoms with Gasteiger partial charge in [0.25, 0.3) is 0 Å². The van der Waals surface area contributed by atoms with Gasteiger partial charge in [-0.3, -0.25) is 4.98 Å². The van der Waals surface area contributed by atoms with Crippen molar-refractivity contribution in [2.75, 3.05) is 5.32 Å². The topological polar surface area (TPSA) is 24.9 Å². The summed E-state index contributed by atoms with van der Waals surface area (Å²) in [6, 6.07) is 11.2. The van der Waals surface area contributed by atoms with E-state index in [-0.39, 0.29) is 0 Å². The Morgan fingerprint density at radius 1 is 1.10 bits per heavy atom. The fourth-order valence-electron chi connectivity index (χ4n) is 3.35. The molecular formula is C18H24N2. The van der Waals surface area contributed by atoms with Crippen LogP contribution in [0.2, 0.25) is 0 Å². The fraction of sp³-hybridized carbons (Fsp3) is 0.500. The standard InChI is InChI=1S/C18H24N2/c1-12-6-4-8-16(14(12)3)20-17-9-5-7-15-11-10-13(2)19-18(15)17/h5,7,9-12,14,16,20H,4,6,8H2,1-3H3. The minimum absolute atomic E-state index is 0.576. The molecule has 20 heavy (non-hydrogen) atoms. The van der Waals surface area contributed by atoms with E-state index in [1.54, 1.807) is 0 Å². The van der Waals surface area contributed by atoms with E-state index >= 15 is 0 Å². The van der Waals surface area contributed by atoms with Crippen molar-refractivity contribution < 1.29 is 0 Å². The van der Waals surface area contributed by atoms with Crippen molar-refractivity contribution in [1.82, 2.24) is 4.98 Å². The maximum atomic E-state index is 4.72. The summed E-state index contributed by atoms with van der Waals surface area (Å²) < 4.78 is 0. The number of fused-ring (bicyclic) bond motifs is 1. The Balaban J connectivity index is 1.92. The molecule has 0 bridgehead atoms. The van der Waals surface area contributed by atoms with Gasteiger partial charge in [-0.1, -0.05) is 44.9 Å².